The van der Waals surface area contributed by atoms with Gasteiger partial charge >= 0.3 is 0 Å². The summed E-state index contributed by atoms with van der Waals surface area (Å²) in [7, 11) is 0. The van der Waals surface area contributed by atoms with E-state index < -0.39 is 0 Å². The molecule has 4 rings (SSSR count). The molecule has 3 heterocycles. The summed E-state index contributed by atoms with van der Waals surface area (Å²) in [5, 5.41) is 1.18. The van der Waals surface area contributed by atoms with E-state index in [-0.39, 0.29) is 5.91 Å². The normalized spacial score (nSPS) is 22.0. The van der Waals surface area contributed by atoms with Crippen molar-refractivity contribution in [3.63, 3.8) is 0 Å². The van der Waals surface area contributed by atoms with Crippen molar-refractivity contribution in [2.45, 2.75) is 38.6 Å². The smallest absolute Gasteiger partial charge is 0.227 e. The molecule has 0 radical (unpaired) electrons. The van der Waals surface area contributed by atoms with Crippen LogP contribution in [0.5, 0.6) is 0 Å². The van der Waals surface area contributed by atoms with Crippen molar-refractivity contribution in [2.75, 3.05) is 39.4 Å². The van der Waals surface area contributed by atoms with E-state index in [1.807, 2.05) is 12.1 Å². The number of aromatic nitrogens is 1. The van der Waals surface area contributed by atoms with E-state index >= 15 is 0 Å². The van der Waals surface area contributed by atoms with E-state index in [2.05, 4.69) is 33.8 Å². The number of rotatable bonds is 4. The summed E-state index contributed by atoms with van der Waals surface area (Å²) in [5.41, 5.74) is 3.39. The van der Waals surface area contributed by atoms with Crippen LogP contribution >= 0.6 is 0 Å². The molecular formula is C21H29N3O2. The number of aryl methyl sites for hydroxylation is 1. The maximum atomic E-state index is 13.2. The Kier molecular flexibility index (Phi) is 5.27. The topological polar surface area (TPSA) is 48.6 Å². The fraction of sp³-hybridized carbons (Fsp3) is 0.571. The second kappa shape index (κ2) is 7.80. The van der Waals surface area contributed by atoms with Crippen LogP contribution in [0, 0.1) is 6.92 Å². The molecule has 1 unspecified atom stereocenters. The predicted molar refractivity (Wildman–Crippen MR) is 103 cm³/mol. The Hall–Kier alpha value is -1.85. The maximum absolute atomic E-state index is 13.2. The zero-order valence-corrected chi connectivity index (χ0v) is 15.7. The lowest BCUT2D eigenvalue weighted by molar-refractivity contribution is -0.134. The molecule has 5 nitrogen and oxygen atoms in total. The number of nitrogens with one attached hydrogen (secondary N) is 1. The highest BCUT2D eigenvalue weighted by atomic mass is 16.5. The van der Waals surface area contributed by atoms with E-state index in [1.165, 1.54) is 11.8 Å². The lowest BCUT2D eigenvalue weighted by atomic mass is 9.99. The lowest BCUT2D eigenvalue weighted by Crippen LogP contribution is -2.51. The highest BCUT2D eigenvalue weighted by Gasteiger charge is 2.29. The fourth-order valence-electron chi connectivity index (χ4n) is 4.42. The van der Waals surface area contributed by atoms with Crippen molar-refractivity contribution in [1.82, 2.24) is 14.8 Å². The summed E-state index contributed by atoms with van der Waals surface area (Å²) in [6.45, 7) is 7.56. The number of amides is 1. The number of nitrogens with zero attached hydrogens (tertiary/aromatic N) is 2. The Labute approximate surface area is 155 Å². The van der Waals surface area contributed by atoms with Gasteiger partial charge in [-0.25, -0.2) is 0 Å². The van der Waals surface area contributed by atoms with Gasteiger partial charge in [0.05, 0.1) is 19.6 Å². The largest absolute Gasteiger partial charge is 0.379 e. The Morgan fingerprint density at radius 3 is 2.85 bits per heavy atom. The second-order valence-electron chi connectivity index (χ2n) is 7.60. The average molecular weight is 355 g/mol. The first-order valence-corrected chi connectivity index (χ1v) is 9.88. The summed E-state index contributed by atoms with van der Waals surface area (Å²) in [6, 6.07) is 8.62. The van der Waals surface area contributed by atoms with E-state index in [1.54, 1.807) is 0 Å². The third-order valence-corrected chi connectivity index (χ3v) is 5.88. The Bertz CT molecular complexity index is 764. The molecule has 2 aliphatic heterocycles. The van der Waals surface area contributed by atoms with Crippen LogP contribution < -0.4 is 0 Å². The van der Waals surface area contributed by atoms with E-state index in [0.29, 0.717) is 12.5 Å². The number of carbonyl (C=O) groups excluding carboxylic acids is 1. The number of H-pyrrole nitrogens is 1. The molecule has 1 amide bonds. The Morgan fingerprint density at radius 2 is 2.00 bits per heavy atom. The highest BCUT2D eigenvalue weighted by molar-refractivity contribution is 5.90. The first kappa shape index (κ1) is 17.6. The molecule has 1 atom stereocenters. The van der Waals surface area contributed by atoms with Crippen molar-refractivity contribution in [2.24, 2.45) is 0 Å². The minimum atomic E-state index is 0.274. The van der Waals surface area contributed by atoms with Crippen LogP contribution in [0.25, 0.3) is 10.9 Å². The number of likely N-dealkylation sites (tertiary alicyclic amines) is 1. The van der Waals surface area contributed by atoms with Crippen molar-refractivity contribution >= 4 is 16.8 Å². The van der Waals surface area contributed by atoms with Crippen LogP contribution in [0.3, 0.4) is 0 Å². The number of para-hydroxylation sites is 1. The zero-order valence-electron chi connectivity index (χ0n) is 15.7. The summed E-state index contributed by atoms with van der Waals surface area (Å²) in [4.78, 5) is 21.2. The molecule has 2 aromatic rings. The van der Waals surface area contributed by atoms with Crippen molar-refractivity contribution in [3.05, 3.63) is 35.5 Å². The summed E-state index contributed by atoms with van der Waals surface area (Å²) >= 11 is 0. The minimum absolute atomic E-state index is 0.274. The van der Waals surface area contributed by atoms with Crippen LogP contribution in [-0.2, 0) is 16.0 Å². The van der Waals surface area contributed by atoms with E-state index in [0.717, 1.165) is 69.0 Å². The van der Waals surface area contributed by atoms with Gasteiger partial charge in [0.2, 0.25) is 5.91 Å². The zero-order chi connectivity index (χ0) is 17.9. The van der Waals surface area contributed by atoms with Gasteiger partial charge in [-0.3, -0.25) is 9.69 Å². The van der Waals surface area contributed by atoms with E-state index in [9.17, 15) is 4.79 Å². The molecule has 0 spiro atoms. The van der Waals surface area contributed by atoms with Gasteiger partial charge in [-0.1, -0.05) is 18.2 Å². The molecule has 2 saturated heterocycles. The number of morpholine rings is 1. The van der Waals surface area contributed by atoms with Crippen LogP contribution in [0.2, 0.25) is 0 Å². The predicted octanol–water partition coefficient (Wildman–Crippen LogP) is 2.73. The van der Waals surface area contributed by atoms with Gasteiger partial charge < -0.3 is 14.6 Å². The molecule has 5 heteroatoms. The van der Waals surface area contributed by atoms with Crippen molar-refractivity contribution in [1.29, 1.82) is 0 Å². The number of hydrogen-bond donors (Lipinski definition) is 1. The lowest BCUT2D eigenvalue weighted by Gasteiger charge is -2.39. The SMILES string of the molecule is Cc1[nH]c2ccccc2c1CC(=O)N1CCCCC1CN1CCOCC1. The molecule has 1 N–H and O–H groups in total. The number of carbonyl (C=O) groups is 1. The summed E-state index contributed by atoms with van der Waals surface area (Å²) in [5.74, 6) is 0.274. The monoisotopic (exact) mass is 355 g/mol. The van der Waals surface area contributed by atoms with E-state index in [4.69, 9.17) is 4.74 Å². The number of benzene rings is 1. The summed E-state index contributed by atoms with van der Waals surface area (Å²) in [6.07, 6.45) is 3.97. The van der Waals surface area contributed by atoms with Gasteiger partial charge in [0, 0.05) is 48.8 Å². The van der Waals surface area contributed by atoms with Gasteiger partial charge in [-0.2, -0.15) is 0 Å². The number of fused-ring (bicyclic) bond motifs is 1. The molecule has 0 saturated carbocycles. The number of hydrogen-bond acceptors (Lipinski definition) is 3. The van der Waals surface area contributed by atoms with Gasteiger partial charge in [0.1, 0.15) is 0 Å². The third-order valence-electron chi connectivity index (χ3n) is 5.88. The third kappa shape index (κ3) is 3.64. The molecule has 2 fully saturated rings. The van der Waals surface area contributed by atoms with Crippen molar-refractivity contribution < 1.29 is 9.53 Å². The molecular weight excluding hydrogens is 326 g/mol. The molecule has 0 bridgehead atoms. The number of piperidine rings is 1. The van der Waals surface area contributed by atoms with Gasteiger partial charge in [-0.15, -0.1) is 0 Å². The number of aromatic amines is 1. The molecule has 140 valence electrons. The molecule has 0 aliphatic carbocycles. The highest BCUT2D eigenvalue weighted by Crippen LogP contribution is 2.25. The van der Waals surface area contributed by atoms with Gasteiger partial charge in [0.15, 0.2) is 0 Å². The first-order chi connectivity index (χ1) is 12.7. The van der Waals surface area contributed by atoms with Crippen LogP contribution in [0.1, 0.15) is 30.5 Å². The Morgan fingerprint density at radius 1 is 1.19 bits per heavy atom. The Balaban J connectivity index is 1.48. The standard InChI is InChI=1S/C21H29N3O2/c1-16-19(18-7-2-3-8-20(18)22-16)14-21(25)24-9-5-4-6-17(24)15-23-10-12-26-13-11-23/h2-3,7-8,17,22H,4-6,9-15H2,1H3. The fourth-order valence-corrected chi connectivity index (χ4v) is 4.42. The summed E-state index contributed by atoms with van der Waals surface area (Å²) < 4.78 is 5.46. The van der Waals surface area contributed by atoms with Crippen LogP contribution in [0.4, 0.5) is 0 Å². The number of ether oxygens (including phenoxy) is 1. The quantitative estimate of drug-likeness (QED) is 0.917. The first-order valence-electron chi connectivity index (χ1n) is 9.88. The second-order valence-corrected chi connectivity index (χ2v) is 7.60. The van der Waals surface area contributed by atoms with Gasteiger partial charge in [-0.05, 0) is 37.8 Å². The maximum Gasteiger partial charge on any atom is 0.227 e. The molecule has 1 aromatic heterocycles. The molecule has 1 aromatic carbocycles. The molecule has 26 heavy (non-hydrogen) atoms. The van der Waals surface area contributed by atoms with Crippen LogP contribution in [0.15, 0.2) is 24.3 Å². The van der Waals surface area contributed by atoms with Crippen LogP contribution in [-0.4, -0.2) is 66.1 Å². The van der Waals surface area contributed by atoms with Gasteiger partial charge in [0.25, 0.3) is 0 Å². The average Bonchev–Trinajstić information content (AvgIpc) is 2.98. The molecule has 2 aliphatic rings. The van der Waals surface area contributed by atoms with Crippen molar-refractivity contribution in [3.8, 4) is 0 Å². The minimum Gasteiger partial charge on any atom is -0.379 e.